The molecule has 0 bridgehead atoms. The minimum Gasteiger partial charge on any atom is -0.472 e. The second-order valence-corrected chi connectivity index (χ2v) is 5.19. The predicted octanol–water partition coefficient (Wildman–Crippen LogP) is 1.73. The van der Waals surface area contributed by atoms with Crippen molar-refractivity contribution in [2.45, 2.75) is 25.9 Å². The van der Waals surface area contributed by atoms with E-state index in [1.54, 1.807) is 6.26 Å². The fourth-order valence-electron chi connectivity index (χ4n) is 2.49. The van der Waals surface area contributed by atoms with E-state index in [9.17, 15) is 0 Å². The summed E-state index contributed by atoms with van der Waals surface area (Å²) in [5.74, 6) is 0.591. The van der Waals surface area contributed by atoms with Crippen LogP contribution in [0.25, 0.3) is 0 Å². The van der Waals surface area contributed by atoms with Crippen molar-refractivity contribution in [3.05, 3.63) is 24.2 Å². The molecule has 1 N–H and O–H groups in total. The Morgan fingerprint density at radius 3 is 3.06 bits per heavy atom. The van der Waals surface area contributed by atoms with Gasteiger partial charge in [-0.2, -0.15) is 0 Å². The first-order valence-corrected chi connectivity index (χ1v) is 6.80. The monoisotopic (exact) mass is 252 g/mol. The summed E-state index contributed by atoms with van der Waals surface area (Å²) in [7, 11) is 2.15. The molecule has 2 heterocycles. The molecule has 1 aliphatic rings. The molecule has 1 aromatic rings. The van der Waals surface area contributed by atoms with Crippen LogP contribution in [0.2, 0.25) is 0 Å². The van der Waals surface area contributed by atoms with Gasteiger partial charge in [-0.25, -0.2) is 0 Å². The van der Waals surface area contributed by atoms with Crippen LogP contribution in [-0.2, 0) is 11.3 Å². The van der Waals surface area contributed by atoms with Crippen LogP contribution in [-0.4, -0.2) is 44.3 Å². The Balaban J connectivity index is 1.77. The highest BCUT2D eigenvalue weighted by Gasteiger charge is 2.28. The van der Waals surface area contributed by atoms with Crippen molar-refractivity contribution < 1.29 is 9.15 Å². The molecule has 1 fully saturated rings. The number of nitrogens with one attached hydrogen (secondary N) is 1. The van der Waals surface area contributed by atoms with Crippen LogP contribution in [0.1, 0.15) is 18.9 Å². The van der Waals surface area contributed by atoms with Gasteiger partial charge in [0.2, 0.25) is 0 Å². The van der Waals surface area contributed by atoms with Gasteiger partial charge < -0.3 is 19.4 Å². The molecule has 0 saturated carbocycles. The summed E-state index contributed by atoms with van der Waals surface area (Å²) < 4.78 is 10.7. The lowest BCUT2D eigenvalue weighted by atomic mass is 10.0. The highest BCUT2D eigenvalue weighted by Crippen LogP contribution is 2.16. The fraction of sp³-hybridized carbons (Fsp3) is 0.714. The highest BCUT2D eigenvalue weighted by molar-refractivity contribution is 5.04. The smallest absolute Gasteiger partial charge is 0.0947 e. The molecule has 1 saturated heterocycles. The third-order valence-corrected chi connectivity index (χ3v) is 3.43. The number of hydrogen-bond donors (Lipinski definition) is 1. The predicted molar refractivity (Wildman–Crippen MR) is 71.4 cm³/mol. The molecule has 0 radical (unpaired) electrons. The van der Waals surface area contributed by atoms with Gasteiger partial charge in [0.15, 0.2) is 0 Å². The van der Waals surface area contributed by atoms with Crippen molar-refractivity contribution in [3.63, 3.8) is 0 Å². The normalized spacial score (nSPS) is 23.9. The fourth-order valence-corrected chi connectivity index (χ4v) is 2.49. The quantitative estimate of drug-likeness (QED) is 0.802. The van der Waals surface area contributed by atoms with Crippen molar-refractivity contribution in [1.29, 1.82) is 0 Å². The van der Waals surface area contributed by atoms with Gasteiger partial charge in [0, 0.05) is 30.6 Å². The number of ether oxygens (including phenoxy) is 1. The summed E-state index contributed by atoms with van der Waals surface area (Å²) in [6, 6.07) is 2.53. The maximum absolute atomic E-state index is 5.60. The van der Waals surface area contributed by atoms with Crippen LogP contribution in [0.4, 0.5) is 0 Å². The summed E-state index contributed by atoms with van der Waals surface area (Å²) >= 11 is 0. The molecule has 4 heteroatoms. The van der Waals surface area contributed by atoms with Crippen molar-refractivity contribution >= 4 is 0 Å². The molecular weight excluding hydrogens is 228 g/mol. The van der Waals surface area contributed by atoms with E-state index in [4.69, 9.17) is 9.15 Å². The van der Waals surface area contributed by atoms with E-state index < -0.39 is 0 Å². The largest absolute Gasteiger partial charge is 0.472 e. The minimum absolute atomic E-state index is 0.511. The van der Waals surface area contributed by atoms with Gasteiger partial charge in [0.05, 0.1) is 25.7 Å². The van der Waals surface area contributed by atoms with E-state index in [1.165, 1.54) is 12.0 Å². The van der Waals surface area contributed by atoms with Crippen molar-refractivity contribution in [2.24, 2.45) is 5.92 Å². The van der Waals surface area contributed by atoms with Crippen molar-refractivity contribution in [3.8, 4) is 0 Å². The molecule has 0 aliphatic carbocycles. The van der Waals surface area contributed by atoms with Crippen molar-refractivity contribution in [1.82, 2.24) is 10.2 Å². The van der Waals surface area contributed by atoms with Gasteiger partial charge >= 0.3 is 0 Å². The Bertz CT molecular complexity index is 327. The van der Waals surface area contributed by atoms with Gasteiger partial charge in [-0.05, 0) is 26.1 Å². The van der Waals surface area contributed by atoms with Crippen LogP contribution in [0.15, 0.2) is 23.0 Å². The minimum atomic E-state index is 0.511. The molecule has 1 aromatic heterocycles. The zero-order valence-corrected chi connectivity index (χ0v) is 11.4. The second-order valence-electron chi connectivity index (χ2n) is 5.19. The Hall–Kier alpha value is -0.840. The summed E-state index contributed by atoms with van der Waals surface area (Å²) in [5, 5.41) is 3.58. The SMILES string of the molecule is CCCNC1COCC1CN(C)Cc1ccoc1. The lowest BCUT2D eigenvalue weighted by molar-refractivity contribution is 0.172. The second kappa shape index (κ2) is 6.92. The number of nitrogens with zero attached hydrogens (tertiary/aromatic N) is 1. The highest BCUT2D eigenvalue weighted by atomic mass is 16.5. The zero-order valence-electron chi connectivity index (χ0n) is 11.4. The van der Waals surface area contributed by atoms with E-state index in [0.717, 1.165) is 32.8 Å². The molecule has 2 unspecified atom stereocenters. The first-order chi connectivity index (χ1) is 8.79. The molecule has 2 rings (SSSR count). The van der Waals surface area contributed by atoms with E-state index in [1.807, 2.05) is 12.3 Å². The van der Waals surface area contributed by atoms with Crippen LogP contribution >= 0.6 is 0 Å². The van der Waals surface area contributed by atoms with Crippen LogP contribution in [0.5, 0.6) is 0 Å². The number of furan rings is 1. The molecule has 0 aromatic carbocycles. The van der Waals surface area contributed by atoms with Gasteiger partial charge in [0.25, 0.3) is 0 Å². The van der Waals surface area contributed by atoms with Crippen LogP contribution < -0.4 is 5.32 Å². The molecule has 4 nitrogen and oxygen atoms in total. The summed E-state index contributed by atoms with van der Waals surface area (Å²) in [6.07, 6.45) is 4.72. The van der Waals surface area contributed by atoms with E-state index in [-0.39, 0.29) is 0 Å². The van der Waals surface area contributed by atoms with Gasteiger partial charge in [-0.3, -0.25) is 0 Å². The molecular formula is C14H24N2O2. The van der Waals surface area contributed by atoms with Crippen LogP contribution in [0.3, 0.4) is 0 Å². The number of rotatable bonds is 7. The molecule has 0 amide bonds. The molecule has 102 valence electrons. The van der Waals surface area contributed by atoms with E-state index in [0.29, 0.717) is 12.0 Å². The van der Waals surface area contributed by atoms with Gasteiger partial charge in [-0.1, -0.05) is 6.92 Å². The Morgan fingerprint density at radius 1 is 1.44 bits per heavy atom. The summed E-state index contributed by atoms with van der Waals surface area (Å²) in [6.45, 7) is 7.00. The van der Waals surface area contributed by atoms with E-state index >= 15 is 0 Å². The summed E-state index contributed by atoms with van der Waals surface area (Å²) in [4.78, 5) is 2.34. The van der Waals surface area contributed by atoms with Gasteiger partial charge in [-0.15, -0.1) is 0 Å². The van der Waals surface area contributed by atoms with Crippen LogP contribution in [0, 0.1) is 5.92 Å². The lowest BCUT2D eigenvalue weighted by Gasteiger charge is -2.24. The first kappa shape index (κ1) is 13.6. The third kappa shape index (κ3) is 3.83. The molecule has 18 heavy (non-hydrogen) atoms. The number of hydrogen-bond acceptors (Lipinski definition) is 4. The molecule has 0 spiro atoms. The van der Waals surface area contributed by atoms with Crippen molar-refractivity contribution in [2.75, 3.05) is 33.4 Å². The average molecular weight is 252 g/mol. The standard InChI is InChI=1S/C14H24N2O2/c1-3-5-15-14-11-18-10-13(14)8-16(2)7-12-4-6-17-9-12/h4,6,9,13-15H,3,5,7-8,10-11H2,1-2H3. The maximum Gasteiger partial charge on any atom is 0.0947 e. The Labute approximate surface area is 109 Å². The van der Waals surface area contributed by atoms with Gasteiger partial charge in [0.1, 0.15) is 0 Å². The molecule has 2 atom stereocenters. The van der Waals surface area contributed by atoms with E-state index in [2.05, 4.69) is 24.2 Å². The summed E-state index contributed by atoms with van der Waals surface area (Å²) in [5.41, 5.74) is 1.23. The Morgan fingerprint density at radius 2 is 2.33 bits per heavy atom. The lowest BCUT2D eigenvalue weighted by Crippen LogP contribution is -2.40. The topological polar surface area (TPSA) is 37.6 Å². The third-order valence-electron chi connectivity index (χ3n) is 3.43. The maximum atomic E-state index is 5.60. The first-order valence-electron chi connectivity index (χ1n) is 6.80. The zero-order chi connectivity index (χ0) is 12.8. The Kier molecular flexibility index (Phi) is 5.23. The molecule has 1 aliphatic heterocycles. The average Bonchev–Trinajstić information content (AvgIpc) is 2.98.